The molecule has 1 aliphatic heterocycles. The molecular weight excluding hydrogens is 468 g/mol. The number of ether oxygens (including phenoxy) is 1. The van der Waals surface area contributed by atoms with E-state index in [2.05, 4.69) is 15.7 Å². The highest BCUT2D eigenvalue weighted by molar-refractivity contribution is 6.08. The van der Waals surface area contributed by atoms with E-state index in [-0.39, 0.29) is 24.4 Å². The Balaban J connectivity index is 1.33. The molecule has 1 aliphatic rings. The molecule has 0 radical (unpaired) electrons. The summed E-state index contributed by atoms with van der Waals surface area (Å²) in [7, 11) is 1.62. The molecule has 37 heavy (non-hydrogen) atoms. The van der Waals surface area contributed by atoms with Crippen molar-refractivity contribution in [1.29, 1.82) is 0 Å². The number of amides is 2. The average Bonchev–Trinajstić information content (AvgIpc) is 3.63. The quantitative estimate of drug-likeness (QED) is 0.345. The molecule has 0 saturated heterocycles. The van der Waals surface area contributed by atoms with E-state index in [1.165, 1.54) is 5.01 Å². The number of hydrogen-bond acceptors (Lipinski definition) is 6. The van der Waals surface area contributed by atoms with Crippen molar-refractivity contribution in [2.24, 2.45) is 5.10 Å². The smallest absolute Gasteiger partial charge is 0.262 e. The summed E-state index contributed by atoms with van der Waals surface area (Å²) in [5.41, 5.74) is 3.36. The molecule has 4 aromatic rings. The molecule has 2 amide bonds. The lowest BCUT2D eigenvalue weighted by atomic mass is 10.0. The third-order valence-electron chi connectivity index (χ3n) is 6.09. The molecule has 0 fully saturated rings. The maximum atomic E-state index is 13.4. The topological polar surface area (TPSA) is 96.2 Å². The highest BCUT2D eigenvalue weighted by atomic mass is 16.5. The molecule has 8 heteroatoms. The summed E-state index contributed by atoms with van der Waals surface area (Å²) in [6.45, 7) is -0.0494. The first-order valence-electron chi connectivity index (χ1n) is 11.9. The first kappa shape index (κ1) is 23.9. The van der Waals surface area contributed by atoms with Crippen LogP contribution in [-0.2, 0) is 4.79 Å². The molecule has 0 bridgehead atoms. The number of furan rings is 1. The number of para-hydroxylation sites is 2. The van der Waals surface area contributed by atoms with Gasteiger partial charge in [0.05, 0.1) is 31.2 Å². The van der Waals surface area contributed by atoms with E-state index in [1.807, 2.05) is 66.7 Å². The van der Waals surface area contributed by atoms with Gasteiger partial charge in [-0.1, -0.05) is 30.3 Å². The molecule has 2 N–H and O–H groups in total. The molecule has 5 rings (SSSR count). The minimum atomic E-state index is -0.363. The number of methoxy groups -OCH3 is 1. The van der Waals surface area contributed by atoms with Gasteiger partial charge in [0.25, 0.3) is 11.8 Å². The predicted octanol–water partition coefficient (Wildman–Crippen LogP) is 5.33. The van der Waals surface area contributed by atoms with E-state index in [4.69, 9.17) is 9.15 Å². The highest BCUT2D eigenvalue weighted by Crippen LogP contribution is 2.33. The van der Waals surface area contributed by atoms with Crippen molar-refractivity contribution in [3.8, 4) is 5.75 Å². The second kappa shape index (κ2) is 10.8. The largest absolute Gasteiger partial charge is 0.497 e. The highest BCUT2D eigenvalue weighted by Gasteiger charge is 2.34. The summed E-state index contributed by atoms with van der Waals surface area (Å²) < 4.78 is 10.9. The Labute approximate surface area is 214 Å². The molecule has 0 unspecified atom stereocenters. The second-order valence-electron chi connectivity index (χ2n) is 8.47. The van der Waals surface area contributed by atoms with Crippen molar-refractivity contribution in [2.45, 2.75) is 12.5 Å². The Morgan fingerprint density at radius 2 is 1.73 bits per heavy atom. The lowest BCUT2D eigenvalue weighted by molar-refractivity contribution is -0.131. The molecule has 8 nitrogen and oxygen atoms in total. The van der Waals surface area contributed by atoms with Gasteiger partial charge in [-0.25, -0.2) is 5.01 Å². The van der Waals surface area contributed by atoms with Gasteiger partial charge in [-0.2, -0.15) is 5.10 Å². The van der Waals surface area contributed by atoms with Crippen LogP contribution in [0.1, 0.15) is 34.1 Å². The summed E-state index contributed by atoms with van der Waals surface area (Å²) in [5, 5.41) is 12.1. The van der Waals surface area contributed by atoms with Crippen LogP contribution in [0.5, 0.6) is 5.75 Å². The molecule has 3 aromatic carbocycles. The zero-order valence-electron chi connectivity index (χ0n) is 20.3. The van der Waals surface area contributed by atoms with Crippen LogP contribution in [0.25, 0.3) is 0 Å². The standard InChI is InChI=1S/C29H26N4O4/c1-36-22-15-13-20(14-16-22)25-18-26(27-12-7-17-37-27)33(32-25)28(34)19-30-24-11-6-5-10-23(24)29(35)31-21-8-3-2-4-9-21/h2-17,26,30H,18-19H2,1H3,(H,31,35)/t26-/m1/s1. The van der Waals surface area contributed by atoms with E-state index in [0.29, 0.717) is 29.1 Å². The third kappa shape index (κ3) is 5.38. The van der Waals surface area contributed by atoms with Gasteiger partial charge in [0, 0.05) is 17.8 Å². The Kier molecular flexibility index (Phi) is 6.98. The van der Waals surface area contributed by atoms with Crippen LogP contribution >= 0.6 is 0 Å². The molecule has 0 saturated carbocycles. The minimum absolute atomic E-state index is 0.0494. The molecule has 2 heterocycles. The van der Waals surface area contributed by atoms with Crippen LogP contribution in [0.4, 0.5) is 11.4 Å². The fourth-order valence-corrected chi connectivity index (χ4v) is 4.21. The molecule has 186 valence electrons. The van der Waals surface area contributed by atoms with Gasteiger partial charge < -0.3 is 19.8 Å². The second-order valence-corrected chi connectivity index (χ2v) is 8.47. The van der Waals surface area contributed by atoms with E-state index >= 15 is 0 Å². The summed E-state index contributed by atoms with van der Waals surface area (Å²) >= 11 is 0. The van der Waals surface area contributed by atoms with Gasteiger partial charge in [0.1, 0.15) is 17.6 Å². The molecular formula is C29H26N4O4. The van der Waals surface area contributed by atoms with E-state index in [1.54, 1.807) is 37.6 Å². The maximum Gasteiger partial charge on any atom is 0.262 e. The van der Waals surface area contributed by atoms with Gasteiger partial charge in [0.15, 0.2) is 0 Å². The number of carbonyl (C=O) groups excluding carboxylic acids is 2. The van der Waals surface area contributed by atoms with Crippen LogP contribution in [0.15, 0.2) is 107 Å². The normalized spacial score (nSPS) is 14.7. The van der Waals surface area contributed by atoms with E-state index in [0.717, 1.165) is 17.0 Å². The van der Waals surface area contributed by atoms with Gasteiger partial charge in [-0.05, 0) is 66.2 Å². The molecule has 0 aliphatic carbocycles. The van der Waals surface area contributed by atoms with Crippen molar-refractivity contribution < 1.29 is 18.7 Å². The molecule has 1 aromatic heterocycles. The number of anilines is 2. The fraction of sp³-hybridized carbons (Fsp3) is 0.138. The zero-order valence-corrected chi connectivity index (χ0v) is 20.3. The van der Waals surface area contributed by atoms with Gasteiger partial charge in [-0.15, -0.1) is 0 Å². The summed E-state index contributed by atoms with van der Waals surface area (Å²) in [4.78, 5) is 26.3. The Morgan fingerprint density at radius 3 is 2.46 bits per heavy atom. The van der Waals surface area contributed by atoms with Crippen molar-refractivity contribution in [2.75, 3.05) is 24.3 Å². The Bertz CT molecular complexity index is 1400. The van der Waals surface area contributed by atoms with Crippen molar-refractivity contribution in [3.63, 3.8) is 0 Å². The SMILES string of the molecule is COc1ccc(C2=NN(C(=O)CNc3ccccc3C(=O)Nc3ccccc3)[C@@H](c3ccco3)C2)cc1. The van der Waals surface area contributed by atoms with Crippen molar-refractivity contribution >= 4 is 28.9 Å². The first-order valence-corrected chi connectivity index (χ1v) is 11.9. The van der Waals surface area contributed by atoms with Crippen LogP contribution in [0.3, 0.4) is 0 Å². The van der Waals surface area contributed by atoms with Gasteiger partial charge >= 0.3 is 0 Å². The summed E-state index contributed by atoms with van der Waals surface area (Å²) in [5.74, 6) is 0.889. The van der Waals surface area contributed by atoms with Crippen LogP contribution in [-0.4, -0.2) is 36.2 Å². The number of nitrogens with one attached hydrogen (secondary N) is 2. The number of hydrogen-bond donors (Lipinski definition) is 2. The summed E-state index contributed by atoms with van der Waals surface area (Å²) in [6.07, 6.45) is 2.10. The number of benzene rings is 3. The lowest BCUT2D eigenvalue weighted by Gasteiger charge is -2.20. The first-order chi connectivity index (χ1) is 18.1. The summed E-state index contributed by atoms with van der Waals surface area (Å²) in [6, 6.07) is 27.1. The fourth-order valence-electron chi connectivity index (χ4n) is 4.21. The number of carbonyl (C=O) groups is 2. The maximum absolute atomic E-state index is 13.4. The Morgan fingerprint density at radius 1 is 0.973 bits per heavy atom. The van der Waals surface area contributed by atoms with Gasteiger partial charge in [0.2, 0.25) is 0 Å². The predicted molar refractivity (Wildman–Crippen MR) is 142 cm³/mol. The van der Waals surface area contributed by atoms with E-state index < -0.39 is 0 Å². The number of hydrazone groups is 1. The average molecular weight is 495 g/mol. The number of rotatable bonds is 8. The number of nitrogens with zero attached hydrogens (tertiary/aromatic N) is 2. The molecule has 0 spiro atoms. The van der Waals surface area contributed by atoms with Crippen molar-refractivity contribution in [3.05, 3.63) is 114 Å². The molecule has 1 atom stereocenters. The van der Waals surface area contributed by atoms with Gasteiger partial charge in [-0.3, -0.25) is 9.59 Å². The zero-order chi connectivity index (χ0) is 25.6. The Hall–Kier alpha value is -4.85. The van der Waals surface area contributed by atoms with E-state index in [9.17, 15) is 9.59 Å². The minimum Gasteiger partial charge on any atom is -0.497 e. The van der Waals surface area contributed by atoms with Crippen LogP contribution in [0.2, 0.25) is 0 Å². The van der Waals surface area contributed by atoms with Crippen LogP contribution < -0.4 is 15.4 Å². The lowest BCUT2D eigenvalue weighted by Crippen LogP contribution is -2.32. The monoisotopic (exact) mass is 494 g/mol. The third-order valence-corrected chi connectivity index (χ3v) is 6.09. The van der Waals surface area contributed by atoms with Crippen molar-refractivity contribution in [1.82, 2.24) is 5.01 Å². The van der Waals surface area contributed by atoms with Crippen LogP contribution in [0, 0.1) is 0 Å².